The zero-order chi connectivity index (χ0) is 29.0. The molecule has 0 fully saturated rings. The van der Waals surface area contributed by atoms with Crippen LogP contribution in [0.4, 0.5) is 10.2 Å². The number of carbonyl (C=O) groups excluding carboxylic acids is 1. The maximum absolute atomic E-state index is 14.8. The van der Waals surface area contributed by atoms with Gasteiger partial charge in [0.1, 0.15) is 27.9 Å². The lowest BCUT2D eigenvalue weighted by molar-refractivity contribution is 0.0987. The molecule has 0 unspecified atom stereocenters. The Bertz CT molecular complexity index is 1670. The van der Waals surface area contributed by atoms with E-state index in [4.69, 9.17) is 36.6 Å². The van der Waals surface area contributed by atoms with Gasteiger partial charge in [-0.05, 0) is 55.0 Å². The molecule has 2 aromatic carbocycles. The van der Waals surface area contributed by atoms with E-state index >= 15 is 0 Å². The topological polar surface area (TPSA) is 163 Å². The number of nitrogen functional groups attached to an aromatic ring is 1. The third-order valence-corrected chi connectivity index (χ3v) is 6.26. The first-order chi connectivity index (χ1) is 19.0. The van der Waals surface area contributed by atoms with E-state index in [0.717, 1.165) is 6.07 Å². The second-order valence-electron chi connectivity index (χ2n) is 8.21. The monoisotopic (exact) mass is 589 g/mol. The number of halogens is 2. The Morgan fingerprint density at radius 1 is 1.10 bits per heavy atom. The number of ether oxygens (including phenoxy) is 2. The van der Waals surface area contributed by atoms with E-state index in [9.17, 15) is 18.5 Å². The van der Waals surface area contributed by atoms with Crippen molar-refractivity contribution in [2.45, 2.75) is 13.3 Å². The Balaban J connectivity index is 1.61. The number of pyridine rings is 2. The van der Waals surface area contributed by atoms with Crippen molar-refractivity contribution < 1.29 is 37.5 Å². The van der Waals surface area contributed by atoms with Crippen molar-refractivity contribution in [1.82, 2.24) is 9.55 Å². The minimum absolute atomic E-state index is 0.0193. The molecule has 11 nitrogen and oxygen atoms in total. The summed E-state index contributed by atoms with van der Waals surface area (Å²) in [5.74, 6) is -1.49. The molecule has 208 valence electrons. The average Bonchev–Trinajstić information content (AvgIpc) is 2.88. The quantitative estimate of drug-likeness (QED) is 0.174. The van der Waals surface area contributed by atoms with Gasteiger partial charge in [-0.25, -0.2) is 13.9 Å². The van der Waals surface area contributed by atoms with Crippen LogP contribution in [0.2, 0.25) is 5.02 Å². The molecule has 0 saturated carbocycles. The predicted octanol–water partition coefficient (Wildman–Crippen LogP) is 4.70. The lowest BCUT2D eigenvalue weighted by atomic mass is 10.0. The fraction of sp³-hybridized carbons (Fsp3) is 0.115. The van der Waals surface area contributed by atoms with Crippen LogP contribution in [0, 0.1) is 5.82 Å². The summed E-state index contributed by atoms with van der Waals surface area (Å²) in [6.45, 7) is 1.87. The van der Waals surface area contributed by atoms with Crippen LogP contribution in [0.15, 0.2) is 71.8 Å². The number of rotatable bonds is 10. The molecule has 0 radical (unpaired) electrons. The van der Waals surface area contributed by atoms with E-state index in [0.29, 0.717) is 5.69 Å². The normalized spacial score (nSPS) is 11.2. The molecule has 0 aliphatic rings. The molecule has 40 heavy (non-hydrogen) atoms. The molecule has 4 rings (SSSR count). The molecule has 0 aliphatic carbocycles. The molecule has 2 aromatic heterocycles. The smallest absolute Gasteiger partial charge is 0.493 e. The van der Waals surface area contributed by atoms with Crippen molar-refractivity contribution in [3.8, 4) is 28.7 Å². The van der Waals surface area contributed by atoms with E-state index in [1.165, 1.54) is 65.5 Å². The molecule has 14 heteroatoms. The van der Waals surface area contributed by atoms with Crippen LogP contribution in [-0.4, -0.2) is 31.7 Å². The van der Waals surface area contributed by atoms with Crippen LogP contribution in [0.5, 0.6) is 23.0 Å². The summed E-state index contributed by atoms with van der Waals surface area (Å²) in [7, 11) is -4.76. The summed E-state index contributed by atoms with van der Waals surface area (Å²) in [5.41, 5.74) is 5.25. The van der Waals surface area contributed by atoms with E-state index in [1.807, 2.05) is 0 Å². The van der Waals surface area contributed by atoms with Crippen molar-refractivity contribution in [3.05, 3.63) is 99.3 Å². The molecular weight excluding hydrogens is 568 g/mol. The first-order valence-corrected chi connectivity index (χ1v) is 13.5. The molecule has 0 amide bonds. The lowest BCUT2D eigenvalue weighted by Gasteiger charge is -2.14. The first kappa shape index (κ1) is 28.8. The van der Waals surface area contributed by atoms with Gasteiger partial charge in [-0.15, -0.1) is 0 Å². The van der Waals surface area contributed by atoms with Gasteiger partial charge < -0.3 is 19.7 Å². The van der Waals surface area contributed by atoms with E-state index < -0.39 is 25.0 Å². The molecule has 4 aromatic rings. The highest BCUT2D eigenvalue weighted by molar-refractivity contribution is 7.46. The van der Waals surface area contributed by atoms with Gasteiger partial charge in [-0.3, -0.25) is 23.9 Å². The third kappa shape index (κ3) is 6.67. The number of phosphoric acid groups is 1. The van der Waals surface area contributed by atoms with E-state index in [1.54, 1.807) is 6.92 Å². The van der Waals surface area contributed by atoms with Gasteiger partial charge in [-0.2, -0.15) is 0 Å². The van der Waals surface area contributed by atoms with Crippen molar-refractivity contribution in [1.29, 1.82) is 0 Å². The number of Topliss-reactive ketones (excluding diaryl/α,β-unsaturated/α-hetero) is 1. The standard InChI is InChI=1S/C26H22ClFN3O8P/c1-2-37-21-10-12-31(16-4-6-17(7-5-16)39-40(34,35)36)26(33)23(21)19(32)14-15-3-8-20(18(28)13-15)38-22-9-11-30-25(29)24(22)27/h3-13H,2,14H2,1H3,(H2,29,30)(H2,34,35,36). The number of carbonyl (C=O) groups is 1. The summed E-state index contributed by atoms with van der Waals surface area (Å²) in [6.07, 6.45) is 2.43. The number of benzene rings is 2. The first-order valence-electron chi connectivity index (χ1n) is 11.6. The summed E-state index contributed by atoms with van der Waals surface area (Å²) in [6, 6.07) is 12.1. The maximum atomic E-state index is 14.8. The average molecular weight is 590 g/mol. The van der Waals surface area contributed by atoms with Crippen LogP contribution in [0.1, 0.15) is 22.8 Å². The molecule has 0 atom stereocenters. The summed E-state index contributed by atoms with van der Waals surface area (Å²) >= 11 is 6.05. The highest BCUT2D eigenvalue weighted by atomic mass is 35.5. The molecule has 0 saturated heterocycles. The van der Waals surface area contributed by atoms with Crippen LogP contribution < -0.4 is 25.3 Å². The van der Waals surface area contributed by atoms with Crippen molar-refractivity contribution in [3.63, 3.8) is 0 Å². The molecule has 4 N–H and O–H groups in total. The summed E-state index contributed by atoms with van der Waals surface area (Å²) in [5, 5.41) is 0.0222. The largest absolute Gasteiger partial charge is 0.524 e. The van der Waals surface area contributed by atoms with Gasteiger partial charge in [0.25, 0.3) is 5.56 Å². The Morgan fingerprint density at radius 3 is 2.48 bits per heavy atom. The minimum Gasteiger partial charge on any atom is -0.493 e. The summed E-state index contributed by atoms with van der Waals surface area (Å²) < 4.78 is 42.6. The van der Waals surface area contributed by atoms with Crippen molar-refractivity contribution in [2.24, 2.45) is 0 Å². The Kier molecular flexibility index (Phi) is 8.55. The van der Waals surface area contributed by atoms with Gasteiger partial charge in [0.15, 0.2) is 23.1 Å². The lowest BCUT2D eigenvalue weighted by Crippen LogP contribution is -2.26. The van der Waals surface area contributed by atoms with Crippen LogP contribution in [0.3, 0.4) is 0 Å². The molecule has 2 heterocycles. The third-order valence-electron chi connectivity index (χ3n) is 5.43. The minimum atomic E-state index is -4.76. The van der Waals surface area contributed by atoms with Gasteiger partial charge >= 0.3 is 7.82 Å². The van der Waals surface area contributed by atoms with Gasteiger partial charge in [0, 0.05) is 30.6 Å². The molecule has 0 spiro atoms. The Labute approximate surface area is 231 Å². The Morgan fingerprint density at radius 2 is 1.82 bits per heavy atom. The number of anilines is 1. The highest BCUT2D eigenvalue weighted by Gasteiger charge is 2.22. The number of nitrogens with zero attached hydrogens (tertiary/aromatic N) is 2. The van der Waals surface area contributed by atoms with Crippen LogP contribution in [0.25, 0.3) is 5.69 Å². The zero-order valence-electron chi connectivity index (χ0n) is 20.8. The van der Waals surface area contributed by atoms with E-state index in [2.05, 4.69) is 9.51 Å². The zero-order valence-corrected chi connectivity index (χ0v) is 22.4. The van der Waals surface area contributed by atoms with Crippen LogP contribution in [-0.2, 0) is 11.0 Å². The second-order valence-corrected chi connectivity index (χ2v) is 9.76. The van der Waals surface area contributed by atoms with Crippen LogP contribution >= 0.6 is 19.4 Å². The van der Waals surface area contributed by atoms with E-state index in [-0.39, 0.29) is 58.0 Å². The predicted molar refractivity (Wildman–Crippen MR) is 144 cm³/mol. The Hall–Kier alpha value is -4.22. The molecular formula is C26H22ClFN3O8P. The number of hydrogen-bond acceptors (Lipinski definition) is 8. The van der Waals surface area contributed by atoms with Gasteiger partial charge in [-0.1, -0.05) is 17.7 Å². The fourth-order valence-corrected chi connectivity index (χ4v) is 4.26. The van der Waals surface area contributed by atoms with Crippen molar-refractivity contribution in [2.75, 3.05) is 12.3 Å². The number of nitrogens with two attached hydrogens (primary N) is 1. The van der Waals surface area contributed by atoms with Crippen molar-refractivity contribution >= 4 is 31.0 Å². The maximum Gasteiger partial charge on any atom is 0.524 e. The molecule has 0 bridgehead atoms. The second kappa shape index (κ2) is 11.9. The fourth-order valence-electron chi connectivity index (χ4n) is 3.71. The van der Waals surface area contributed by atoms with Gasteiger partial charge in [0.2, 0.25) is 0 Å². The highest BCUT2D eigenvalue weighted by Crippen LogP contribution is 2.37. The number of aromatic nitrogens is 2. The molecule has 0 aliphatic heterocycles. The SMILES string of the molecule is CCOc1ccn(-c2ccc(OP(=O)(O)O)cc2)c(=O)c1C(=O)Cc1ccc(Oc2ccnc(N)c2Cl)c(F)c1. The van der Waals surface area contributed by atoms with Gasteiger partial charge in [0.05, 0.1) is 6.61 Å². The number of ketones is 1. The summed E-state index contributed by atoms with van der Waals surface area (Å²) in [4.78, 5) is 48.4. The number of phosphoric ester groups is 1. The number of hydrogen-bond donors (Lipinski definition) is 3.